The summed E-state index contributed by atoms with van der Waals surface area (Å²) >= 11 is 0. The van der Waals surface area contributed by atoms with Gasteiger partial charge in [-0.1, -0.05) is 50.2 Å². The van der Waals surface area contributed by atoms with Crippen LogP contribution in [0.2, 0.25) is 0 Å². The first kappa shape index (κ1) is 36.4. The largest absolute Gasteiger partial charge is 0.451 e. The highest BCUT2D eigenvalue weighted by molar-refractivity contribution is 6.04. The minimum Gasteiger partial charge on any atom is -0.451 e. The molecule has 0 spiro atoms. The summed E-state index contributed by atoms with van der Waals surface area (Å²) in [4.78, 5) is 47.5. The van der Waals surface area contributed by atoms with Crippen molar-refractivity contribution < 1.29 is 18.8 Å². The van der Waals surface area contributed by atoms with Gasteiger partial charge in [0.25, 0.3) is 5.91 Å². The molecule has 53 heavy (non-hydrogen) atoms. The molecule has 7 rings (SSSR count). The fourth-order valence-corrected chi connectivity index (χ4v) is 8.47. The normalized spacial score (nSPS) is 23.8. The molecule has 4 atom stereocenters. The molecule has 2 aliphatic heterocycles. The SMILES string of the molecule is CCC(=O)N1c2ccccc2[C@H](Nc2ccc(N(NC3CCC(N[C@@H]4C[C@H](C)N(C(=O)CC)c5ccccc54)CC3)C(=O)c3cocn3)cc2)C[C@@H]1C. The number of benzene rings is 3. The van der Waals surface area contributed by atoms with E-state index < -0.39 is 0 Å². The molecule has 0 radical (unpaired) electrons. The van der Waals surface area contributed by atoms with Crippen molar-refractivity contribution in [2.24, 2.45) is 0 Å². The van der Waals surface area contributed by atoms with Gasteiger partial charge in [-0.3, -0.25) is 14.4 Å². The number of aromatic nitrogens is 1. The molecular formula is C42H51N7O4. The Kier molecular flexibility index (Phi) is 10.9. The average Bonchev–Trinajstić information content (AvgIpc) is 3.73. The summed E-state index contributed by atoms with van der Waals surface area (Å²) in [5.41, 5.74) is 9.67. The summed E-state index contributed by atoms with van der Waals surface area (Å²) in [6, 6.07) is 25.1. The van der Waals surface area contributed by atoms with Crippen LogP contribution >= 0.6 is 0 Å². The Morgan fingerprint density at radius 1 is 0.755 bits per heavy atom. The van der Waals surface area contributed by atoms with Crippen molar-refractivity contribution in [2.75, 3.05) is 20.1 Å². The molecule has 3 heterocycles. The third-order valence-electron chi connectivity index (χ3n) is 11.1. The summed E-state index contributed by atoms with van der Waals surface area (Å²) in [6.45, 7) is 8.07. The van der Waals surface area contributed by atoms with Crippen LogP contribution in [-0.2, 0) is 9.59 Å². The molecule has 278 valence electrons. The first-order chi connectivity index (χ1) is 25.7. The Morgan fingerprint density at radius 2 is 1.30 bits per heavy atom. The molecule has 0 bridgehead atoms. The Morgan fingerprint density at radius 3 is 1.87 bits per heavy atom. The number of anilines is 4. The van der Waals surface area contributed by atoms with E-state index in [0.717, 1.165) is 61.2 Å². The molecule has 3 aliphatic rings. The second-order valence-electron chi connectivity index (χ2n) is 14.7. The van der Waals surface area contributed by atoms with Crippen LogP contribution in [0, 0.1) is 0 Å². The van der Waals surface area contributed by atoms with Gasteiger partial charge < -0.3 is 24.9 Å². The van der Waals surface area contributed by atoms with Crippen LogP contribution in [0.4, 0.5) is 22.7 Å². The Labute approximate surface area is 312 Å². The van der Waals surface area contributed by atoms with E-state index in [2.05, 4.69) is 59.2 Å². The Bertz CT molecular complexity index is 1890. The number of fused-ring (bicyclic) bond motifs is 2. The molecule has 3 amide bonds. The van der Waals surface area contributed by atoms with Crippen LogP contribution in [0.15, 0.2) is 89.9 Å². The second-order valence-corrected chi connectivity index (χ2v) is 14.7. The van der Waals surface area contributed by atoms with E-state index in [-0.39, 0.29) is 53.6 Å². The number of hydrogen-bond acceptors (Lipinski definition) is 8. The number of amides is 3. The molecule has 1 aromatic heterocycles. The zero-order valence-electron chi connectivity index (χ0n) is 31.1. The lowest BCUT2D eigenvalue weighted by molar-refractivity contribution is -0.119. The number of hydrazine groups is 1. The molecule has 0 unspecified atom stereocenters. The second kappa shape index (κ2) is 15.9. The number of hydrogen-bond donors (Lipinski definition) is 3. The maximum Gasteiger partial charge on any atom is 0.294 e. The summed E-state index contributed by atoms with van der Waals surface area (Å²) in [5, 5.41) is 9.23. The summed E-state index contributed by atoms with van der Waals surface area (Å²) in [7, 11) is 0. The topological polar surface area (TPSA) is 123 Å². The van der Waals surface area contributed by atoms with Crippen molar-refractivity contribution in [1.29, 1.82) is 0 Å². The van der Waals surface area contributed by atoms with Gasteiger partial charge in [-0.05, 0) is 99.9 Å². The minimum absolute atomic E-state index is 0.0332. The van der Waals surface area contributed by atoms with Crippen LogP contribution in [0.3, 0.4) is 0 Å². The zero-order chi connectivity index (χ0) is 37.1. The maximum absolute atomic E-state index is 13.8. The van der Waals surface area contributed by atoms with Crippen molar-refractivity contribution in [3.8, 4) is 0 Å². The smallest absolute Gasteiger partial charge is 0.294 e. The first-order valence-electron chi connectivity index (χ1n) is 19.2. The number of rotatable bonds is 10. The quantitative estimate of drug-likeness (QED) is 0.143. The van der Waals surface area contributed by atoms with Gasteiger partial charge in [-0.2, -0.15) is 0 Å². The fourth-order valence-electron chi connectivity index (χ4n) is 8.47. The molecule has 3 N–H and O–H groups in total. The third-order valence-corrected chi connectivity index (χ3v) is 11.1. The Hall–Kier alpha value is -5.00. The van der Waals surface area contributed by atoms with Gasteiger partial charge in [0.2, 0.25) is 11.8 Å². The molecule has 1 aliphatic carbocycles. The molecule has 1 saturated carbocycles. The monoisotopic (exact) mass is 717 g/mol. The summed E-state index contributed by atoms with van der Waals surface area (Å²) < 4.78 is 5.18. The molecule has 11 nitrogen and oxygen atoms in total. The molecular weight excluding hydrogens is 667 g/mol. The highest BCUT2D eigenvalue weighted by atomic mass is 16.3. The predicted octanol–water partition coefficient (Wildman–Crippen LogP) is 7.69. The van der Waals surface area contributed by atoms with Crippen molar-refractivity contribution in [3.05, 3.63) is 102 Å². The number of nitrogens with one attached hydrogen (secondary N) is 3. The van der Waals surface area contributed by atoms with Crippen LogP contribution in [0.1, 0.15) is 113 Å². The predicted molar refractivity (Wildman–Crippen MR) is 208 cm³/mol. The highest BCUT2D eigenvalue weighted by Gasteiger charge is 2.36. The van der Waals surface area contributed by atoms with Gasteiger partial charge in [0.15, 0.2) is 12.1 Å². The van der Waals surface area contributed by atoms with Crippen LogP contribution in [0.5, 0.6) is 0 Å². The first-order valence-corrected chi connectivity index (χ1v) is 19.2. The minimum atomic E-state index is -0.283. The van der Waals surface area contributed by atoms with Gasteiger partial charge in [0, 0.05) is 60.1 Å². The van der Waals surface area contributed by atoms with E-state index in [4.69, 9.17) is 4.42 Å². The van der Waals surface area contributed by atoms with E-state index >= 15 is 0 Å². The van der Waals surface area contributed by atoms with E-state index in [1.54, 1.807) is 5.01 Å². The third kappa shape index (κ3) is 7.59. The van der Waals surface area contributed by atoms with Crippen LogP contribution in [0.25, 0.3) is 0 Å². The van der Waals surface area contributed by atoms with E-state index in [0.29, 0.717) is 24.6 Å². The van der Waals surface area contributed by atoms with E-state index in [9.17, 15) is 14.4 Å². The highest BCUT2D eigenvalue weighted by Crippen LogP contribution is 2.40. The lowest BCUT2D eigenvalue weighted by atomic mass is 9.87. The van der Waals surface area contributed by atoms with Gasteiger partial charge >= 0.3 is 0 Å². The lowest BCUT2D eigenvalue weighted by Crippen LogP contribution is -2.52. The van der Waals surface area contributed by atoms with Crippen molar-refractivity contribution in [1.82, 2.24) is 15.7 Å². The van der Waals surface area contributed by atoms with E-state index in [1.165, 1.54) is 18.2 Å². The van der Waals surface area contributed by atoms with E-state index in [1.807, 2.05) is 72.2 Å². The fraction of sp³-hybridized carbons (Fsp3) is 0.429. The molecule has 3 aromatic carbocycles. The molecule has 1 fully saturated rings. The number of oxazole rings is 1. The van der Waals surface area contributed by atoms with Gasteiger partial charge in [0.05, 0.1) is 11.7 Å². The summed E-state index contributed by atoms with van der Waals surface area (Å²) in [5.74, 6) is 0.00588. The molecule has 4 aromatic rings. The van der Waals surface area contributed by atoms with Crippen molar-refractivity contribution in [2.45, 2.75) is 115 Å². The van der Waals surface area contributed by atoms with Crippen molar-refractivity contribution in [3.63, 3.8) is 0 Å². The molecule has 0 saturated heterocycles. The summed E-state index contributed by atoms with van der Waals surface area (Å²) in [6.07, 6.45) is 8.95. The molecule has 11 heteroatoms. The number of carbonyl (C=O) groups is 3. The Balaban J connectivity index is 1.02. The zero-order valence-corrected chi connectivity index (χ0v) is 31.1. The number of carbonyl (C=O) groups excluding carboxylic acids is 3. The van der Waals surface area contributed by atoms with Gasteiger partial charge in [0.1, 0.15) is 6.26 Å². The van der Waals surface area contributed by atoms with Gasteiger partial charge in [-0.15, -0.1) is 0 Å². The van der Waals surface area contributed by atoms with Crippen LogP contribution in [-0.4, -0.2) is 46.9 Å². The lowest BCUT2D eigenvalue weighted by Gasteiger charge is -2.42. The maximum atomic E-state index is 13.8. The number of para-hydroxylation sites is 2. The van der Waals surface area contributed by atoms with Crippen LogP contribution < -0.4 is 30.9 Å². The number of nitrogens with zero attached hydrogens (tertiary/aromatic N) is 4. The standard InChI is InChI=1S/C42H51N7O4/c1-5-40(50)47-27(3)23-35(33-11-7-9-13-38(33)47)44-29-15-17-31(18-16-29)46-49(42(52)37-25-53-26-43-37)32-21-19-30(20-22-32)45-36-24-28(4)48(41(51)6-2)39-14-10-8-12-34(36)39/h7-14,19-22,25-29,31,35-36,44-46H,5-6,15-18,23-24H2,1-4H3/t27-,28-,29?,31?,35+,36+/m0/s1. The average molecular weight is 718 g/mol. The van der Waals surface area contributed by atoms with Crippen molar-refractivity contribution >= 4 is 40.5 Å². The van der Waals surface area contributed by atoms with Gasteiger partial charge in [-0.25, -0.2) is 15.4 Å².